The van der Waals surface area contributed by atoms with E-state index in [1.165, 1.54) is 44.1 Å². The normalized spacial score (nSPS) is 10.0. The van der Waals surface area contributed by atoms with Gasteiger partial charge in [0, 0.05) is 11.3 Å². The van der Waals surface area contributed by atoms with E-state index in [0.29, 0.717) is 11.5 Å². The van der Waals surface area contributed by atoms with E-state index in [9.17, 15) is 0 Å². The van der Waals surface area contributed by atoms with Crippen LogP contribution in [-0.2, 0) is 4.74 Å². The van der Waals surface area contributed by atoms with Crippen LogP contribution in [0.1, 0.15) is 108 Å². The Bertz CT molecular complexity index is 401. The largest absolute Gasteiger partial charge is 0.491 e. The minimum atomic E-state index is 0.125. The fourth-order valence-electron chi connectivity index (χ4n) is 1.68. The maximum Gasteiger partial charge on any atom is 0.117 e. The molecule has 0 aromatic carbocycles. The van der Waals surface area contributed by atoms with Crippen LogP contribution in [0.4, 0.5) is 0 Å². The van der Waals surface area contributed by atoms with Crippen LogP contribution in [-0.4, -0.2) is 6.10 Å². The maximum atomic E-state index is 5.78. The van der Waals surface area contributed by atoms with Crippen LogP contribution < -0.4 is 5.73 Å². The van der Waals surface area contributed by atoms with Crippen LogP contribution in [0.3, 0.4) is 0 Å². The lowest BCUT2D eigenvalue weighted by atomic mass is 10.1. The zero-order valence-electron chi connectivity index (χ0n) is 20.4. The summed E-state index contributed by atoms with van der Waals surface area (Å²) >= 11 is 0. The first-order valence-electron chi connectivity index (χ1n) is 10.7. The first-order valence-corrected chi connectivity index (χ1v) is 10.7. The molecule has 0 heterocycles. The van der Waals surface area contributed by atoms with E-state index in [1.54, 1.807) is 0 Å². The molecule has 2 nitrogen and oxygen atoms in total. The Hall–Kier alpha value is -1.44. The molecule has 27 heavy (non-hydrogen) atoms. The molecule has 0 spiro atoms. The third kappa shape index (κ3) is 29.6. The minimum Gasteiger partial charge on any atom is -0.491 e. The Balaban J connectivity index is -0.000000159. The van der Waals surface area contributed by atoms with E-state index in [4.69, 9.17) is 10.5 Å². The van der Waals surface area contributed by atoms with Gasteiger partial charge < -0.3 is 10.5 Å². The van der Waals surface area contributed by atoms with Crippen LogP contribution in [0, 0.1) is 0 Å². The van der Waals surface area contributed by atoms with Gasteiger partial charge in [0.2, 0.25) is 0 Å². The van der Waals surface area contributed by atoms with E-state index >= 15 is 0 Å². The van der Waals surface area contributed by atoms with Crippen LogP contribution in [0.25, 0.3) is 0 Å². The summed E-state index contributed by atoms with van der Waals surface area (Å²) in [7, 11) is 0. The second-order valence-electron chi connectivity index (χ2n) is 6.82. The van der Waals surface area contributed by atoms with Gasteiger partial charge in [-0.05, 0) is 53.0 Å². The summed E-state index contributed by atoms with van der Waals surface area (Å²) in [5.74, 6) is 0.621. The van der Waals surface area contributed by atoms with E-state index in [2.05, 4.69) is 47.4 Å². The molecule has 162 valence electrons. The highest BCUT2D eigenvalue weighted by atomic mass is 16.5. The Labute approximate surface area is 172 Å². The van der Waals surface area contributed by atoms with Gasteiger partial charge in [0.1, 0.15) is 5.76 Å². The van der Waals surface area contributed by atoms with Crippen molar-refractivity contribution in [3.8, 4) is 0 Å². The predicted molar refractivity (Wildman–Crippen MR) is 128 cm³/mol. The Morgan fingerprint density at radius 1 is 0.852 bits per heavy atom. The number of hydrogen-bond acceptors (Lipinski definition) is 2. The summed E-state index contributed by atoms with van der Waals surface area (Å²) in [6.07, 6.45) is 7.99. The average Bonchev–Trinajstić information content (AvgIpc) is 2.61. The Morgan fingerprint density at radius 3 is 1.44 bits per heavy atom. The predicted octanol–water partition coefficient (Wildman–Crippen LogP) is 8.71. The fourth-order valence-corrected chi connectivity index (χ4v) is 1.68. The van der Waals surface area contributed by atoms with Crippen LogP contribution in [0.2, 0.25) is 0 Å². The standard InChI is InChI=1S/C11H19NO.C7H14.C5H12.C2H6/c1-7(2)11(12)9(5)10(6)13-8(3)4;1-4-5-6-7(2)3;1-3-5-4-2;1-2/h8H,1,6,12H2,2-5H3;2,4-6H2,1,3H3;3-5H2,1-2H3;1-2H3/b11-9+;;;. The van der Waals surface area contributed by atoms with Gasteiger partial charge in [-0.3, -0.25) is 0 Å². The molecule has 0 aromatic heterocycles. The number of rotatable bonds is 9. The molecule has 2 N–H and O–H groups in total. The SMILES string of the molecule is C=C(C)CCCC.C=C(OC(C)C)/C(C)=C(/N)C(=C)C.CC.CCCCC. The maximum absolute atomic E-state index is 5.78. The van der Waals surface area contributed by atoms with Gasteiger partial charge >= 0.3 is 0 Å². The van der Waals surface area contributed by atoms with Crippen molar-refractivity contribution in [3.05, 3.63) is 47.9 Å². The second-order valence-corrected chi connectivity index (χ2v) is 6.82. The number of unbranched alkanes of at least 4 members (excludes halogenated alkanes) is 3. The van der Waals surface area contributed by atoms with Gasteiger partial charge in [0.05, 0.1) is 6.10 Å². The summed E-state index contributed by atoms with van der Waals surface area (Å²) in [6, 6.07) is 0. The zero-order valence-corrected chi connectivity index (χ0v) is 20.4. The topological polar surface area (TPSA) is 35.2 Å². The molecule has 0 amide bonds. The molecule has 0 atom stereocenters. The summed E-state index contributed by atoms with van der Waals surface area (Å²) in [5, 5.41) is 0. The van der Waals surface area contributed by atoms with E-state index in [-0.39, 0.29) is 6.10 Å². The molecular weight excluding hydrogens is 330 g/mol. The quantitative estimate of drug-likeness (QED) is 0.246. The van der Waals surface area contributed by atoms with Crippen molar-refractivity contribution in [2.45, 2.75) is 114 Å². The fraction of sp³-hybridized carbons (Fsp3) is 0.680. The number of ether oxygens (including phenoxy) is 1. The van der Waals surface area contributed by atoms with Crippen molar-refractivity contribution in [1.82, 2.24) is 0 Å². The molecule has 0 saturated carbocycles. The lowest BCUT2D eigenvalue weighted by molar-refractivity contribution is 0.155. The molecule has 0 saturated heterocycles. The number of hydrogen-bond donors (Lipinski definition) is 1. The Morgan fingerprint density at radius 2 is 1.26 bits per heavy atom. The van der Waals surface area contributed by atoms with Gasteiger partial charge in [0.25, 0.3) is 0 Å². The van der Waals surface area contributed by atoms with E-state index in [0.717, 1.165) is 11.1 Å². The van der Waals surface area contributed by atoms with Crippen LogP contribution in [0.15, 0.2) is 47.9 Å². The summed E-state index contributed by atoms with van der Waals surface area (Å²) < 4.78 is 5.41. The molecule has 0 aliphatic heterocycles. The van der Waals surface area contributed by atoms with Crippen LogP contribution >= 0.6 is 0 Å². The van der Waals surface area contributed by atoms with Gasteiger partial charge in [-0.25, -0.2) is 0 Å². The smallest absolute Gasteiger partial charge is 0.117 e. The average molecular weight is 382 g/mol. The van der Waals surface area contributed by atoms with Crippen molar-refractivity contribution in [3.63, 3.8) is 0 Å². The van der Waals surface area contributed by atoms with Gasteiger partial charge in [0.15, 0.2) is 0 Å². The molecule has 0 radical (unpaired) electrons. The molecule has 0 rings (SSSR count). The number of nitrogens with two attached hydrogens (primary N) is 1. The lowest BCUT2D eigenvalue weighted by Gasteiger charge is -2.14. The van der Waals surface area contributed by atoms with Crippen molar-refractivity contribution in [1.29, 1.82) is 0 Å². The lowest BCUT2D eigenvalue weighted by Crippen LogP contribution is -2.08. The third-order valence-electron chi connectivity index (χ3n) is 3.32. The first-order chi connectivity index (χ1) is 12.5. The molecule has 0 unspecified atom stereocenters. The number of allylic oxidation sites excluding steroid dienone is 3. The molecule has 0 fully saturated rings. The monoisotopic (exact) mass is 381 g/mol. The zero-order chi connectivity index (χ0) is 22.4. The second kappa shape index (κ2) is 24.6. The summed E-state index contributed by atoms with van der Waals surface area (Å²) in [6.45, 7) is 31.7. The van der Waals surface area contributed by atoms with Crippen molar-refractivity contribution in [2.75, 3.05) is 0 Å². The van der Waals surface area contributed by atoms with Crippen LogP contribution in [0.5, 0.6) is 0 Å². The third-order valence-corrected chi connectivity index (χ3v) is 3.32. The molecule has 2 heteroatoms. The van der Waals surface area contributed by atoms with Gasteiger partial charge in [-0.1, -0.05) is 79.0 Å². The molecule has 0 aliphatic carbocycles. The summed E-state index contributed by atoms with van der Waals surface area (Å²) in [5.41, 5.74) is 9.44. The molecule has 0 aromatic rings. The van der Waals surface area contributed by atoms with Gasteiger partial charge in [-0.15, -0.1) is 6.58 Å². The highest BCUT2D eigenvalue weighted by Gasteiger charge is 2.05. The highest BCUT2D eigenvalue weighted by molar-refractivity contribution is 5.36. The molecular formula is C25H51NO. The van der Waals surface area contributed by atoms with Gasteiger partial charge in [-0.2, -0.15) is 0 Å². The summed E-state index contributed by atoms with van der Waals surface area (Å²) in [4.78, 5) is 0. The minimum absolute atomic E-state index is 0.125. The van der Waals surface area contributed by atoms with E-state index in [1.807, 2.05) is 41.5 Å². The van der Waals surface area contributed by atoms with E-state index < -0.39 is 0 Å². The first kappa shape index (κ1) is 33.2. The van der Waals surface area contributed by atoms with Crippen molar-refractivity contribution < 1.29 is 4.74 Å². The Kier molecular flexibility index (Phi) is 30.2. The van der Waals surface area contributed by atoms with Crippen molar-refractivity contribution >= 4 is 0 Å². The molecule has 0 aliphatic rings. The highest BCUT2D eigenvalue weighted by Crippen LogP contribution is 2.16. The van der Waals surface area contributed by atoms with Crippen molar-refractivity contribution in [2.24, 2.45) is 5.73 Å². The molecule has 0 bridgehead atoms.